The molecule has 0 amide bonds. The van der Waals surface area contributed by atoms with E-state index < -0.39 is 5.97 Å². The van der Waals surface area contributed by atoms with E-state index in [2.05, 4.69) is 4.74 Å². The smallest absolute Gasteiger partial charge is 0.337 e. The summed E-state index contributed by atoms with van der Waals surface area (Å²) < 4.78 is 9.66. The Morgan fingerprint density at radius 1 is 1.40 bits per heavy atom. The summed E-state index contributed by atoms with van der Waals surface area (Å²) in [6.07, 6.45) is 0. The Hall–Kier alpha value is -1.68. The standard InChI is InChI=1S/C11H10O4/c1-14-11(13)7-2-3-9-8(4-7)5-15-6-10(9)12/h2-4H,5-6H2,1H3. The minimum absolute atomic E-state index is 0.0485. The highest BCUT2D eigenvalue weighted by Gasteiger charge is 2.19. The number of benzene rings is 1. The second-order valence-corrected chi connectivity index (χ2v) is 3.28. The molecule has 1 aliphatic heterocycles. The van der Waals surface area contributed by atoms with Gasteiger partial charge in [0, 0.05) is 5.56 Å². The molecule has 1 heterocycles. The summed E-state index contributed by atoms with van der Waals surface area (Å²) in [4.78, 5) is 22.6. The minimum atomic E-state index is -0.407. The summed E-state index contributed by atoms with van der Waals surface area (Å²) in [5.74, 6) is -0.455. The number of hydrogen-bond acceptors (Lipinski definition) is 4. The van der Waals surface area contributed by atoms with Crippen molar-refractivity contribution in [3.05, 3.63) is 34.9 Å². The molecule has 78 valence electrons. The number of Topliss-reactive ketones (excluding diaryl/α,β-unsaturated/α-hetero) is 1. The Bertz CT molecular complexity index is 423. The van der Waals surface area contributed by atoms with Crippen LogP contribution < -0.4 is 0 Å². The van der Waals surface area contributed by atoms with Crippen molar-refractivity contribution in [3.8, 4) is 0 Å². The lowest BCUT2D eigenvalue weighted by atomic mass is 10.00. The highest BCUT2D eigenvalue weighted by atomic mass is 16.5. The molecule has 0 N–H and O–H groups in total. The fourth-order valence-corrected chi connectivity index (χ4v) is 1.56. The third kappa shape index (κ3) is 1.76. The molecule has 0 spiro atoms. The maximum atomic E-state index is 11.4. The third-order valence-electron chi connectivity index (χ3n) is 2.32. The fourth-order valence-electron chi connectivity index (χ4n) is 1.56. The van der Waals surface area contributed by atoms with Gasteiger partial charge in [-0.05, 0) is 17.7 Å². The third-order valence-corrected chi connectivity index (χ3v) is 2.32. The second kappa shape index (κ2) is 3.82. The van der Waals surface area contributed by atoms with Gasteiger partial charge in [0.1, 0.15) is 6.61 Å². The van der Waals surface area contributed by atoms with Crippen LogP contribution in [-0.2, 0) is 16.1 Å². The molecule has 1 aromatic rings. The van der Waals surface area contributed by atoms with Crippen LogP contribution in [0.15, 0.2) is 18.2 Å². The molecule has 0 atom stereocenters. The number of fused-ring (bicyclic) bond motifs is 1. The molecule has 4 nitrogen and oxygen atoms in total. The molecule has 0 bridgehead atoms. The highest BCUT2D eigenvalue weighted by molar-refractivity contribution is 6.00. The van der Waals surface area contributed by atoms with Gasteiger partial charge in [-0.2, -0.15) is 0 Å². The summed E-state index contributed by atoms with van der Waals surface area (Å²) >= 11 is 0. The first-order valence-electron chi connectivity index (χ1n) is 4.54. The zero-order chi connectivity index (χ0) is 10.8. The van der Waals surface area contributed by atoms with Crippen molar-refractivity contribution in [1.29, 1.82) is 0 Å². The van der Waals surface area contributed by atoms with Crippen molar-refractivity contribution in [2.24, 2.45) is 0 Å². The number of rotatable bonds is 1. The number of ketones is 1. The van der Waals surface area contributed by atoms with Gasteiger partial charge in [-0.1, -0.05) is 6.07 Å². The predicted molar refractivity (Wildman–Crippen MR) is 51.8 cm³/mol. The lowest BCUT2D eigenvalue weighted by Crippen LogP contribution is -2.18. The lowest BCUT2D eigenvalue weighted by Gasteiger charge is -2.15. The van der Waals surface area contributed by atoms with Gasteiger partial charge in [-0.3, -0.25) is 4.79 Å². The number of ether oxygens (including phenoxy) is 2. The van der Waals surface area contributed by atoms with Gasteiger partial charge < -0.3 is 9.47 Å². The predicted octanol–water partition coefficient (Wildman–Crippen LogP) is 1.19. The van der Waals surface area contributed by atoms with E-state index in [4.69, 9.17) is 4.74 Å². The molecule has 0 aromatic heterocycles. The van der Waals surface area contributed by atoms with E-state index in [9.17, 15) is 9.59 Å². The molecule has 0 radical (unpaired) electrons. The topological polar surface area (TPSA) is 52.6 Å². The van der Waals surface area contributed by atoms with E-state index in [0.29, 0.717) is 17.7 Å². The lowest BCUT2D eigenvalue weighted by molar-refractivity contribution is 0.0594. The van der Waals surface area contributed by atoms with E-state index >= 15 is 0 Å². The van der Waals surface area contributed by atoms with Crippen LogP contribution in [-0.4, -0.2) is 25.5 Å². The Labute approximate surface area is 86.8 Å². The van der Waals surface area contributed by atoms with Crippen LogP contribution in [0.25, 0.3) is 0 Å². The van der Waals surface area contributed by atoms with Crippen LogP contribution in [0.3, 0.4) is 0 Å². The summed E-state index contributed by atoms with van der Waals surface area (Å²) in [7, 11) is 1.32. The van der Waals surface area contributed by atoms with Crippen LogP contribution in [0, 0.1) is 0 Å². The van der Waals surface area contributed by atoms with Crippen molar-refractivity contribution in [2.45, 2.75) is 6.61 Å². The van der Waals surface area contributed by atoms with Gasteiger partial charge in [-0.25, -0.2) is 4.79 Å². The van der Waals surface area contributed by atoms with E-state index in [1.807, 2.05) is 0 Å². The van der Waals surface area contributed by atoms with Crippen LogP contribution in [0.5, 0.6) is 0 Å². The van der Waals surface area contributed by atoms with E-state index in [0.717, 1.165) is 5.56 Å². The van der Waals surface area contributed by atoms with Crippen molar-refractivity contribution >= 4 is 11.8 Å². The minimum Gasteiger partial charge on any atom is -0.465 e. The van der Waals surface area contributed by atoms with E-state index in [1.165, 1.54) is 7.11 Å². The van der Waals surface area contributed by atoms with Crippen LogP contribution in [0.4, 0.5) is 0 Å². The maximum Gasteiger partial charge on any atom is 0.337 e. The quantitative estimate of drug-likeness (QED) is 0.647. The van der Waals surface area contributed by atoms with Gasteiger partial charge in [0.05, 0.1) is 19.3 Å². The molecule has 2 rings (SSSR count). The van der Waals surface area contributed by atoms with Crippen molar-refractivity contribution < 1.29 is 19.1 Å². The van der Waals surface area contributed by atoms with E-state index in [-0.39, 0.29) is 12.4 Å². The summed E-state index contributed by atoms with van der Waals surface area (Å²) in [5.41, 5.74) is 1.82. The molecular weight excluding hydrogens is 196 g/mol. The zero-order valence-electron chi connectivity index (χ0n) is 8.28. The molecule has 1 aliphatic rings. The molecule has 4 heteroatoms. The molecule has 1 aromatic carbocycles. The monoisotopic (exact) mass is 206 g/mol. The van der Waals surface area contributed by atoms with Gasteiger partial charge in [0.15, 0.2) is 5.78 Å². The van der Waals surface area contributed by atoms with E-state index in [1.54, 1.807) is 18.2 Å². The molecule has 0 unspecified atom stereocenters. The zero-order valence-corrected chi connectivity index (χ0v) is 8.28. The highest BCUT2D eigenvalue weighted by Crippen LogP contribution is 2.18. The summed E-state index contributed by atoms with van der Waals surface area (Å²) in [6, 6.07) is 4.87. The summed E-state index contributed by atoms with van der Waals surface area (Å²) in [5, 5.41) is 0. The Morgan fingerprint density at radius 3 is 2.93 bits per heavy atom. The number of methoxy groups -OCH3 is 1. The Kier molecular flexibility index (Phi) is 2.51. The van der Waals surface area contributed by atoms with Crippen LogP contribution in [0.1, 0.15) is 26.3 Å². The Balaban J connectivity index is 2.41. The molecular formula is C11H10O4. The molecule has 0 aliphatic carbocycles. The van der Waals surface area contributed by atoms with Crippen molar-refractivity contribution in [2.75, 3.05) is 13.7 Å². The molecule has 0 saturated heterocycles. The first-order valence-corrected chi connectivity index (χ1v) is 4.54. The molecule has 0 fully saturated rings. The summed E-state index contributed by atoms with van der Waals surface area (Å²) in [6.45, 7) is 0.483. The first-order chi connectivity index (χ1) is 7.22. The Morgan fingerprint density at radius 2 is 2.20 bits per heavy atom. The average molecular weight is 206 g/mol. The molecule has 0 saturated carbocycles. The number of carbonyl (C=O) groups is 2. The van der Waals surface area contributed by atoms with Crippen LogP contribution >= 0.6 is 0 Å². The van der Waals surface area contributed by atoms with Gasteiger partial charge in [0.25, 0.3) is 0 Å². The number of hydrogen-bond donors (Lipinski definition) is 0. The normalized spacial score (nSPS) is 14.6. The van der Waals surface area contributed by atoms with Crippen molar-refractivity contribution in [3.63, 3.8) is 0 Å². The number of carbonyl (C=O) groups excluding carboxylic acids is 2. The molecule has 15 heavy (non-hydrogen) atoms. The first kappa shape index (κ1) is 9.86. The van der Waals surface area contributed by atoms with Crippen LogP contribution in [0.2, 0.25) is 0 Å². The largest absolute Gasteiger partial charge is 0.465 e. The van der Waals surface area contributed by atoms with Gasteiger partial charge in [-0.15, -0.1) is 0 Å². The van der Waals surface area contributed by atoms with Crippen molar-refractivity contribution in [1.82, 2.24) is 0 Å². The fraction of sp³-hybridized carbons (Fsp3) is 0.273. The average Bonchev–Trinajstić information content (AvgIpc) is 2.28. The maximum absolute atomic E-state index is 11.4. The SMILES string of the molecule is COC(=O)c1ccc2c(c1)COCC2=O. The second-order valence-electron chi connectivity index (χ2n) is 3.28. The van der Waals surface area contributed by atoms with Gasteiger partial charge >= 0.3 is 5.97 Å². The number of esters is 1. The van der Waals surface area contributed by atoms with Gasteiger partial charge in [0.2, 0.25) is 0 Å².